The van der Waals surface area contributed by atoms with Gasteiger partial charge >= 0.3 is 0 Å². The average molecular weight is 432 g/mol. The molecule has 9 heteroatoms. The van der Waals surface area contributed by atoms with Gasteiger partial charge in [0.25, 0.3) is 0 Å². The Morgan fingerprint density at radius 3 is 2.69 bits per heavy atom. The topological polar surface area (TPSA) is 107 Å². The molecule has 0 aliphatic heterocycles. The zero-order valence-electron chi connectivity index (χ0n) is 19.0. The molecule has 0 aliphatic rings. The molecule has 0 amide bonds. The molecule has 164 valence electrons. The number of fused-ring (bicyclic) bond motifs is 3. The molecule has 1 aromatic carbocycles. The van der Waals surface area contributed by atoms with Crippen molar-refractivity contribution in [2.75, 3.05) is 12.4 Å². The van der Waals surface area contributed by atoms with Crippen molar-refractivity contribution in [1.29, 1.82) is 0 Å². The highest BCUT2D eigenvalue weighted by molar-refractivity contribution is 6.13. The predicted octanol–water partition coefficient (Wildman–Crippen LogP) is 4.74. The summed E-state index contributed by atoms with van der Waals surface area (Å²) in [7, 11) is 3.58. The molecule has 9 nitrogen and oxygen atoms in total. The summed E-state index contributed by atoms with van der Waals surface area (Å²) >= 11 is 0. The zero-order valence-corrected chi connectivity index (χ0v) is 19.0. The van der Waals surface area contributed by atoms with E-state index in [0.29, 0.717) is 5.82 Å². The Morgan fingerprint density at radius 2 is 2.00 bits per heavy atom. The number of hydrogen-bond acceptors (Lipinski definition) is 7. The highest BCUT2D eigenvalue weighted by Gasteiger charge is 2.21. The van der Waals surface area contributed by atoms with E-state index in [1.807, 2.05) is 40.1 Å². The second-order valence-corrected chi connectivity index (χ2v) is 7.91. The summed E-state index contributed by atoms with van der Waals surface area (Å²) in [6.07, 6.45) is 2.78. The lowest BCUT2D eigenvalue weighted by Gasteiger charge is -2.10. The summed E-state index contributed by atoms with van der Waals surface area (Å²) in [6, 6.07) is 4.08. The molecule has 0 bridgehead atoms. The van der Waals surface area contributed by atoms with Crippen molar-refractivity contribution in [2.45, 2.75) is 34.1 Å². The van der Waals surface area contributed by atoms with Gasteiger partial charge in [0.15, 0.2) is 0 Å². The molecule has 0 fully saturated rings. The van der Waals surface area contributed by atoms with Gasteiger partial charge in [-0.05, 0) is 39.3 Å². The zero-order chi connectivity index (χ0) is 22.6. The van der Waals surface area contributed by atoms with Gasteiger partial charge in [0.05, 0.1) is 35.1 Å². The van der Waals surface area contributed by atoms with E-state index in [1.165, 1.54) is 0 Å². The van der Waals surface area contributed by atoms with Gasteiger partial charge in [0.1, 0.15) is 28.8 Å². The van der Waals surface area contributed by atoms with Crippen molar-refractivity contribution >= 4 is 33.4 Å². The van der Waals surface area contributed by atoms with Crippen LogP contribution in [0.4, 0.5) is 11.5 Å². The summed E-state index contributed by atoms with van der Waals surface area (Å²) in [5.41, 5.74) is 6.28. The number of ether oxygens (including phenoxy) is 1. The number of nitrogens with one attached hydrogen (secondary N) is 2. The summed E-state index contributed by atoms with van der Waals surface area (Å²) in [5.74, 6) is 2.88. The van der Waals surface area contributed by atoms with Crippen LogP contribution < -0.4 is 10.1 Å². The number of aromatic amines is 1. The van der Waals surface area contributed by atoms with E-state index in [4.69, 9.17) is 14.2 Å². The Kier molecular flexibility index (Phi) is 4.61. The molecule has 4 aromatic heterocycles. The molecule has 0 aliphatic carbocycles. The first kappa shape index (κ1) is 20.0. The van der Waals surface area contributed by atoms with E-state index in [1.54, 1.807) is 11.8 Å². The SMILES string of the molecule is CCc1nn(C)cc1Nc1nc(C)nc2[nH]c3cc(-c4c(C)noc4C)c(OC)cc3c12. The second kappa shape index (κ2) is 7.37. The molecule has 5 rings (SSSR count). The van der Waals surface area contributed by atoms with Crippen LogP contribution >= 0.6 is 0 Å². The quantitative estimate of drug-likeness (QED) is 0.414. The molecular weight excluding hydrogens is 406 g/mol. The highest BCUT2D eigenvalue weighted by atomic mass is 16.5. The van der Waals surface area contributed by atoms with Crippen LogP contribution in [0.5, 0.6) is 5.75 Å². The normalized spacial score (nSPS) is 11.6. The fraction of sp³-hybridized carbons (Fsp3) is 0.304. The van der Waals surface area contributed by atoms with Crippen molar-refractivity contribution in [3.63, 3.8) is 0 Å². The van der Waals surface area contributed by atoms with Crippen LogP contribution in [0.15, 0.2) is 22.9 Å². The van der Waals surface area contributed by atoms with Gasteiger partial charge in [-0.25, -0.2) is 9.97 Å². The third kappa shape index (κ3) is 3.08. The summed E-state index contributed by atoms with van der Waals surface area (Å²) in [6.45, 7) is 7.80. The van der Waals surface area contributed by atoms with Crippen LogP contribution in [-0.4, -0.2) is 37.0 Å². The lowest BCUT2D eigenvalue weighted by atomic mass is 10.0. The van der Waals surface area contributed by atoms with Crippen molar-refractivity contribution in [1.82, 2.24) is 29.9 Å². The number of aromatic nitrogens is 6. The Balaban J connectivity index is 1.75. The molecule has 32 heavy (non-hydrogen) atoms. The largest absolute Gasteiger partial charge is 0.496 e. The van der Waals surface area contributed by atoms with Gasteiger partial charge in [0, 0.05) is 29.7 Å². The van der Waals surface area contributed by atoms with Gasteiger partial charge in [-0.1, -0.05) is 12.1 Å². The van der Waals surface area contributed by atoms with Crippen LogP contribution in [0.25, 0.3) is 33.1 Å². The first-order chi connectivity index (χ1) is 15.4. The number of benzene rings is 1. The minimum Gasteiger partial charge on any atom is -0.496 e. The van der Waals surface area contributed by atoms with E-state index in [9.17, 15) is 0 Å². The first-order valence-electron chi connectivity index (χ1n) is 10.5. The third-order valence-electron chi connectivity index (χ3n) is 5.68. The number of hydrogen-bond donors (Lipinski definition) is 2. The van der Waals surface area contributed by atoms with Gasteiger partial charge in [-0.15, -0.1) is 0 Å². The number of nitrogens with zero attached hydrogens (tertiary/aromatic N) is 5. The molecule has 5 aromatic rings. The minimum atomic E-state index is 0.673. The number of aryl methyl sites for hydroxylation is 5. The molecule has 0 atom stereocenters. The lowest BCUT2D eigenvalue weighted by Crippen LogP contribution is -1.99. The maximum Gasteiger partial charge on any atom is 0.144 e. The van der Waals surface area contributed by atoms with Crippen LogP contribution in [0, 0.1) is 20.8 Å². The smallest absolute Gasteiger partial charge is 0.144 e. The number of H-pyrrole nitrogens is 1. The van der Waals surface area contributed by atoms with E-state index < -0.39 is 0 Å². The fourth-order valence-electron chi connectivity index (χ4n) is 4.29. The molecule has 0 unspecified atom stereocenters. The van der Waals surface area contributed by atoms with Crippen molar-refractivity contribution < 1.29 is 9.26 Å². The van der Waals surface area contributed by atoms with E-state index in [-0.39, 0.29) is 0 Å². The standard InChI is InChI=1S/C23H25N7O2/c1-7-16-18(10-30(5)28-16)27-23-21-14-9-19(31-6)15(20-11(2)29-32-12(20)3)8-17(14)26-22(21)24-13(4)25-23/h8-10H,7H2,1-6H3,(H2,24,25,26,27). The molecule has 4 heterocycles. The monoisotopic (exact) mass is 431 g/mol. The molecule has 0 spiro atoms. The maximum absolute atomic E-state index is 5.77. The Labute approximate surface area is 184 Å². The Morgan fingerprint density at radius 1 is 1.19 bits per heavy atom. The van der Waals surface area contributed by atoms with E-state index in [0.717, 1.165) is 73.9 Å². The lowest BCUT2D eigenvalue weighted by molar-refractivity contribution is 0.393. The fourth-order valence-corrected chi connectivity index (χ4v) is 4.29. The van der Waals surface area contributed by atoms with Crippen LogP contribution in [0.3, 0.4) is 0 Å². The molecule has 0 saturated carbocycles. The number of methoxy groups -OCH3 is 1. The summed E-state index contributed by atoms with van der Waals surface area (Å²) < 4.78 is 13.0. The number of rotatable bonds is 5. The summed E-state index contributed by atoms with van der Waals surface area (Å²) in [4.78, 5) is 12.8. The van der Waals surface area contributed by atoms with Gasteiger partial charge < -0.3 is 19.6 Å². The van der Waals surface area contributed by atoms with Gasteiger partial charge in [-0.3, -0.25) is 4.68 Å². The number of anilines is 2. The van der Waals surface area contributed by atoms with Gasteiger partial charge in [-0.2, -0.15) is 5.10 Å². The van der Waals surface area contributed by atoms with E-state index >= 15 is 0 Å². The third-order valence-corrected chi connectivity index (χ3v) is 5.68. The van der Waals surface area contributed by atoms with Crippen molar-refractivity contribution in [3.8, 4) is 16.9 Å². The Bertz CT molecular complexity index is 1460. The predicted molar refractivity (Wildman–Crippen MR) is 124 cm³/mol. The minimum absolute atomic E-state index is 0.673. The molecule has 2 N–H and O–H groups in total. The van der Waals surface area contributed by atoms with E-state index in [2.05, 4.69) is 38.5 Å². The first-order valence-corrected chi connectivity index (χ1v) is 10.5. The van der Waals surface area contributed by atoms with Crippen molar-refractivity contribution in [3.05, 3.63) is 41.3 Å². The Hall–Kier alpha value is -3.88. The van der Waals surface area contributed by atoms with Crippen LogP contribution in [0.1, 0.15) is 29.9 Å². The highest BCUT2D eigenvalue weighted by Crippen LogP contribution is 2.41. The maximum atomic E-state index is 5.77. The van der Waals surface area contributed by atoms with Crippen molar-refractivity contribution in [2.24, 2.45) is 7.05 Å². The molecule has 0 saturated heterocycles. The average Bonchev–Trinajstić information content (AvgIpc) is 3.40. The second-order valence-electron chi connectivity index (χ2n) is 7.91. The van der Waals surface area contributed by atoms with Gasteiger partial charge in [0.2, 0.25) is 0 Å². The summed E-state index contributed by atoms with van der Waals surface area (Å²) in [5, 5.41) is 14.0. The molecule has 0 radical (unpaired) electrons. The molecular formula is C23H25N7O2. The van der Waals surface area contributed by atoms with Crippen LogP contribution in [0.2, 0.25) is 0 Å². The van der Waals surface area contributed by atoms with Crippen LogP contribution in [-0.2, 0) is 13.5 Å².